The van der Waals surface area contributed by atoms with E-state index in [4.69, 9.17) is 11.6 Å². The number of rotatable bonds is 8. The van der Waals surface area contributed by atoms with Gasteiger partial charge in [-0.05, 0) is 24.6 Å². The van der Waals surface area contributed by atoms with Crippen LogP contribution in [0.1, 0.15) is 17.7 Å². The third-order valence-electron chi connectivity index (χ3n) is 5.04. The lowest BCUT2D eigenvalue weighted by molar-refractivity contribution is -0.384. The van der Waals surface area contributed by atoms with E-state index in [1.165, 1.54) is 30.0 Å². The number of hydrogen-bond donors (Lipinski definition) is 1. The minimum absolute atomic E-state index is 0.00136. The highest BCUT2D eigenvalue weighted by atomic mass is 35.5. The predicted molar refractivity (Wildman–Crippen MR) is 133 cm³/mol. The molecule has 0 aliphatic carbocycles. The van der Waals surface area contributed by atoms with Gasteiger partial charge in [0, 0.05) is 23.9 Å². The third kappa shape index (κ3) is 5.11. The molecule has 34 heavy (non-hydrogen) atoms. The van der Waals surface area contributed by atoms with Gasteiger partial charge >= 0.3 is 0 Å². The van der Waals surface area contributed by atoms with E-state index in [9.17, 15) is 14.9 Å². The van der Waals surface area contributed by atoms with Crippen LogP contribution in [0, 0.1) is 10.1 Å². The van der Waals surface area contributed by atoms with Gasteiger partial charge < -0.3 is 9.88 Å². The number of amides is 1. The summed E-state index contributed by atoms with van der Waals surface area (Å²) in [5, 5.41) is 22.6. The van der Waals surface area contributed by atoms with Crippen LogP contribution in [-0.2, 0) is 11.3 Å². The highest BCUT2D eigenvalue weighted by Gasteiger charge is 2.26. The van der Waals surface area contributed by atoms with Gasteiger partial charge in [0.05, 0.1) is 4.92 Å². The number of nitro benzene ring substituents is 1. The summed E-state index contributed by atoms with van der Waals surface area (Å²) in [7, 11) is 0. The van der Waals surface area contributed by atoms with Crippen LogP contribution in [-0.4, -0.2) is 25.6 Å². The number of carbonyl (C=O) groups is 1. The Morgan fingerprint density at radius 2 is 1.76 bits per heavy atom. The number of thioether (sulfide) groups is 1. The lowest BCUT2D eigenvalue weighted by Gasteiger charge is -2.17. The van der Waals surface area contributed by atoms with Crippen molar-refractivity contribution in [3.63, 3.8) is 0 Å². The average molecular weight is 494 g/mol. The zero-order valence-electron chi connectivity index (χ0n) is 18.1. The molecule has 1 heterocycles. The quantitative estimate of drug-likeness (QED) is 0.183. The van der Waals surface area contributed by atoms with E-state index in [-0.39, 0.29) is 22.3 Å². The van der Waals surface area contributed by atoms with Crippen molar-refractivity contribution in [2.45, 2.75) is 23.9 Å². The molecule has 0 radical (unpaired) electrons. The molecule has 1 aromatic heterocycles. The van der Waals surface area contributed by atoms with E-state index in [2.05, 4.69) is 15.5 Å². The Hall–Kier alpha value is -3.69. The molecule has 8 nitrogen and oxygen atoms in total. The number of halogens is 1. The molecule has 0 aliphatic heterocycles. The van der Waals surface area contributed by atoms with Crippen LogP contribution in [0.3, 0.4) is 0 Å². The molecule has 10 heteroatoms. The standard InChI is InChI=1S/C24H20ClN5O3S/c1-2-29-22(17-11-7-4-8-12-17)27-28-24(29)34-21(16-9-5-3-6-10-16)23(31)26-18-13-14-19(25)20(15-18)30(32)33/h3-15,21H,2H2,1H3,(H,26,31). The number of hydrogen-bond acceptors (Lipinski definition) is 6. The minimum Gasteiger partial charge on any atom is -0.325 e. The SMILES string of the molecule is CCn1c(SC(C(=O)Nc2ccc(Cl)c([N+](=O)[O-])c2)c2ccccc2)nnc1-c1ccccc1. The first kappa shape index (κ1) is 23.5. The summed E-state index contributed by atoms with van der Waals surface area (Å²) in [5.74, 6) is 0.367. The summed E-state index contributed by atoms with van der Waals surface area (Å²) >= 11 is 7.17. The number of benzene rings is 3. The van der Waals surface area contributed by atoms with Gasteiger partial charge in [0.25, 0.3) is 5.69 Å². The second kappa shape index (κ2) is 10.5. The van der Waals surface area contributed by atoms with Gasteiger partial charge in [-0.1, -0.05) is 84.0 Å². The summed E-state index contributed by atoms with van der Waals surface area (Å²) in [6, 6.07) is 23.2. The van der Waals surface area contributed by atoms with Gasteiger partial charge in [-0.2, -0.15) is 0 Å². The van der Waals surface area contributed by atoms with E-state index < -0.39 is 10.2 Å². The Morgan fingerprint density at radius 1 is 1.09 bits per heavy atom. The summed E-state index contributed by atoms with van der Waals surface area (Å²) in [6.07, 6.45) is 0. The molecule has 172 valence electrons. The van der Waals surface area contributed by atoms with Gasteiger partial charge in [0.1, 0.15) is 10.3 Å². The average Bonchev–Trinajstić information content (AvgIpc) is 3.27. The van der Waals surface area contributed by atoms with Crippen molar-refractivity contribution in [2.75, 3.05) is 5.32 Å². The van der Waals surface area contributed by atoms with Crippen molar-refractivity contribution >= 4 is 40.6 Å². The number of nitrogens with zero attached hydrogens (tertiary/aromatic N) is 4. The predicted octanol–water partition coefficient (Wildman–Crippen LogP) is 6.00. The smallest absolute Gasteiger partial charge is 0.289 e. The Labute approximate surface area is 205 Å². The fourth-order valence-corrected chi connectivity index (χ4v) is 4.69. The number of anilines is 1. The van der Waals surface area contributed by atoms with Crippen LogP contribution >= 0.6 is 23.4 Å². The van der Waals surface area contributed by atoms with Gasteiger partial charge in [0.2, 0.25) is 5.91 Å². The molecule has 0 aliphatic rings. The number of nitro groups is 1. The Bertz CT molecular complexity index is 1310. The van der Waals surface area contributed by atoms with Crippen LogP contribution in [0.15, 0.2) is 84.0 Å². The largest absolute Gasteiger partial charge is 0.325 e. The molecule has 3 aromatic carbocycles. The highest BCUT2D eigenvalue weighted by Crippen LogP contribution is 2.37. The molecule has 1 atom stereocenters. The normalized spacial score (nSPS) is 11.7. The zero-order chi connectivity index (χ0) is 24.1. The molecule has 0 spiro atoms. The molecular formula is C24H20ClN5O3S. The lowest BCUT2D eigenvalue weighted by Crippen LogP contribution is -2.19. The first-order valence-corrected chi connectivity index (χ1v) is 11.7. The molecule has 0 bridgehead atoms. The molecule has 1 N–H and O–H groups in total. The molecule has 1 amide bonds. The Kier molecular flexibility index (Phi) is 7.24. The van der Waals surface area contributed by atoms with Crippen molar-refractivity contribution < 1.29 is 9.72 Å². The Morgan fingerprint density at radius 3 is 2.41 bits per heavy atom. The van der Waals surface area contributed by atoms with Gasteiger partial charge in [-0.15, -0.1) is 10.2 Å². The summed E-state index contributed by atoms with van der Waals surface area (Å²) < 4.78 is 1.95. The van der Waals surface area contributed by atoms with Crippen LogP contribution in [0.25, 0.3) is 11.4 Å². The fraction of sp³-hybridized carbons (Fsp3) is 0.125. The van der Waals surface area contributed by atoms with Gasteiger partial charge in [-0.25, -0.2) is 0 Å². The highest BCUT2D eigenvalue weighted by molar-refractivity contribution is 8.00. The fourth-order valence-electron chi connectivity index (χ4n) is 3.41. The maximum Gasteiger partial charge on any atom is 0.289 e. The number of carbonyl (C=O) groups excluding carboxylic acids is 1. The van der Waals surface area contributed by atoms with Crippen molar-refractivity contribution in [2.24, 2.45) is 0 Å². The lowest BCUT2D eigenvalue weighted by atomic mass is 10.1. The first-order chi connectivity index (χ1) is 16.5. The van der Waals surface area contributed by atoms with E-state index in [0.29, 0.717) is 17.5 Å². The summed E-state index contributed by atoms with van der Waals surface area (Å²) in [4.78, 5) is 24.0. The molecule has 4 aromatic rings. The Balaban J connectivity index is 1.66. The van der Waals surface area contributed by atoms with E-state index in [0.717, 1.165) is 11.1 Å². The number of aromatic nitrogens is 3. The van der Waals surface area contributed by atoms with Gasteiger partial charge in [-0.3, -0.25) is 14.9 Å². The molecule has 4 rings (SSSR count). The maximum absolute atomic E-state index is 13.4. The minimum atomic E-state index is -0.672. The van der Waals surface area contributed by atoms with Crippen molar-refractivity contribution in [1.29, 1.82) is 0 Å². The van der Waals surface area contributed by atoms with Crippen LogP contribution in [0.2, 0.25) is 5.02 Å². The monoisotopic (exact) mass is 493 g/mol. The van der Waals surface area contributed by atoms with E-state index >= 15 is 0 Å². The third-order valence-corrected chi connectivity index (χ3v) is 6.59. The van der Waals surface area contributed by atoms with Crippen molar-refractivity contribution in [3.05, 3.63) is 99.6 Å². The van der Waals surface area contributed by atoms with Crippen LogP contribution in [0.4, 0.5) is 11.4 Å². The van der Waals surface area contributed by atoms with Crippen LogP contribution in [0.5, 0.6) is 0 Å². The second-order valence-corrected chi connectivity index (χ2v) is 8.72. The molecule has 1 unspecified atom stereocenters. The first-order valence-electron chi connectivity index (χ1n) is 10.4. The molecular weight excluding hydrogens is 474 g/mol. The number of nitrogens with one attached hydrogen (secondary N) is 1. The summed E-state index contributed by atoms with van der Waals surface area (Å²) in [5.41, 5.74) is 1.70. The second-order valence-electron chi connectivity index (χ2n) is 7.24. The summed E-state index contributed by atoms with van der Waals surface area (Å²) in [6.45, 7) is 2.61. The van der Waals surface area contributed by atoms with E-state index in [1.807, 2.05) is 72.2 Å². The molecule has 0 saturated heterocycles. The molecule has 0 saturated carbocycles. The zero-order valence-corrected chi connectivity index (χ0v) is 19.7. The van der Waals surface area contributed by atoms with Gasteiger partial charge in [0.15, 0.2) is 11.0 Å². The van der Waals surface area contributed by atoms with E-state index in [1.54, 1.807) is 0 Å². The van der Waals surface area contributed by atoms with Crippen molar-refractivity contribution in [3.8, 4) is 11.4 Å². The topological polar surface area (TPSA) is 103 Å². The van der Waals surface area contributed by atoms with Crippen LogP contribution < -0.4 is 5.32 Å². The maximum atomic E-state index is 13.4. The molecule has 0 fully saturated rings. The van der Waals surface area contributed by atoms with Crippen molar-refractivity contribution in [1.82, 2.24) is 14.8 Å².